The molecule has 0 radical (unpaired) electrons. The molecule has 1 aromatic rings. The molecular formula is C13H17ClN4O3. The second-order valence-electron chi connectivity index (χ2n) is 4.97. The molecule has 0 aliphatic carbocycles. The number of halogens is 1. The highest BCUT2D eigenvalue weighted by Gasteiger charge is 2.28. The second-order valence-corrected chi connectivity index (χ2v) is 5.28. The average Bonchev–Trinajstić information content (AvgIpc) is 2.53. The van der Waals surface area contributed by atoms with Gasteiger partial charge in [-0.1, -0.05) is 6.92 Å². The number of alkyl halides is 1. The number of nitrogens with zero attached hydrogens (tertiary/aromatic N) is 4. The zero-order chi connectivity index (χ0) is 15.4. The van der Waals surface area contributed by atoms with Crippen molar-refractivity contribution in [3.63, 3.8) is 0 Å². The molecule has 7 nitrogen and oxygen atoms in total. The number of anilines is 1. The van der Waals surface area contributed by atoms with E-state index in [4.69, 9.17) is 11.6 Å². The third-order valence-electron chi connectivity index (χ3n) is 3.51. The van der Waals surface area contributed by atoms with Crippen molar-refractivity contribution >= 4 is 29.0 Å². The lowest BCUT2D eigenvalue weighted by molar-refractivity contribution is -0.384. The summed E-state index contributed by atoms with van der Waals surface area (Å²) in [6, 6.07) is 2.99. The summed E-state index contributed by atoms with van der Waals surface area (Å²) in [5.41, 5.74) is -0.00796. The molecule has 0 N–H and O–H groups in total. The highest BCUT2D eigenvalue weighted by molar-refractivity contribution is 6.19. The van der Waals surface area contributed by atoms with Crippen molar-refractivity contribution in [1.82, 2.24) is 9.88 Å². The fourth-order valence-electron chi connectivity index (χ4n) is 2.29. The van der Waals surface area contributed by atoms with E-state index in [9.17, 15) is 14.9 Å². The molecule has 0 saturated carbocycles. The van der Waals surface area contributed by atoms with Crippen molar-refractivity contribution in [2.75, 3.05) is 37.0 Å². The highest BCUT2D eigenvalue weighted by Crippen LogP contribution is 2.25. The number of rotatable bonds is 4. The van der Waals surface area contributed by atoms with Crippen molar-refractivity contribution in [3.05, 3.63) is 28.4 Å². The summed E-state index contributed by atoms with van der Waals surface area (Å²) in [6.45, 7) is 3.89. The molecule has 0 aromatic carbocycles. The molecule has 114 valence electrons. The summed E-state index contributed by atoms with van der Waals surface area (Å²) in [4.78, 5) is 30.3. The van der Waals surface area contributed by atoms with Gasteiger partial charge >= 0.3 is 5.69 Å². The van der Waals surface area contributed by atoms with E-state index in [2.05, 4.69) is 4.98 Å². The van der Waals surface area contributed by atoms with Crippen LogP contribution < -0.4 is 4.90 Å². The van der Waals surface area contributed by atoms with Gasteiger partial charge in [0, 0.05) is 50.2 Å². The van der Waals surface area contributed by atoms with Crippen molar-refractivity contribution in [2.24, 2.45) is 5.92 Å². The zero-order valence-electron chi connectivity index (χ0n) is 11.7. The van der Waals surface area contributed by atoms with E-state index in [0.29, 0.717) is 37.9 Å². The van der Waals surface area contributed by atoms with Gasteiger partial charge in [-0.25, -0.2) is 4.98 Å². The first-order valence-corrected chi connectivity index (χ1v) is 7.27. The van der Waals surface area contributed by atoms with Gasteiger partial charge in [0.15, 0.2) is 0 Å². The molecule has 1 amide bonds. The van der Waals surface area contributed by atoms with Crippen LogP contribution in [0.5, 0.6) is 0 Å². The molecule has 1 unspecified atom stereocenters. The van der Waals surface area contributed by atoms with E-state index >= 15 is 0 Å². The summed E-state index contributed by atoms with van der Waals surface area (Å²) in [5.74, 6) is 0.479. The van der Waals surface area contributed by atoms with Crippen LogP contribution in [0.3, 0.4) is 0 Å². The predicted molar refractivity (Wildman–Crippen MR) is 79.6 cm³/mol. The minimum absolute atomic E-state index is 0.00796. The van der Waals surface area contributed by atoms with E-state index < -0.39 is 4.92 Å². The lowest BCUT2D eigenvalue weighted by Gasteiger charge is -2.36. The van der Waals surface area contributed by atoms with E-state index in [1.165, 1.54) is 12.3 Å². The van der Waals surface area contributed by atoms with E-state index in [1.54, 1.807) is 17.9 Å². The zero-order valence-corrected chi connectivity index (χ0v) is 12.5. The number of piperazine rings is 1. The topological polar surface area (TPSA) is 79.6 Å². The van der Waals surface area contributed by atoms with Crippen LogP contribution in [-0.4, -0.2) is 52.8 Å². The first-order chi connectivity index (χ1) is 10.0. The molecule has 8 heteroatoms. The normalized spacial score (nSPS) is 16.7. The van der Waals surface area contributed by atoms with Gasteiger partial charge in [0.05, 0.1) is 4.92 Å². The van der Waals surface area contributed by atoms with E-state index in [-0.39, 0.29) is 17.5 Å². The largest absolute Gasteiger partial charge is 0.347 e. The number of amides is 1. The minimum atomic E-state index is -0.435. The number of pyridine rings is 1. The summed E-state index contributed by atoms with van der Waals surface area (Å²) < 4.78 is 0. The fourth-order valence-corrected chi connectivity index (χ4v) is 2.42. The van der Waals surface area contributed by atoms with Crippen LogP contribution in [0.1, 0.15) is 6.92 Å². The Morgan fingerprint density at radius 3 is 2.71 bits per heavy atom. The quantitative estimate of drug-likeness (QED) is 0.478. The fraction of sp³-hybridized carbons (Fsp3) is 0.538. The Balaban J connectivity index is 2.05. The molecule has 1 aliphatic rings. The van der Waals surface area contributed by atoms with Gasteiger partial charge in [0.1, 0.15) is 0 Å². The maximum absolute atomic E-state index is 12.0. The molecule has 0 bridgehead atoms. The smallest absolute Gasteiger partial charge is 0.311 e. The van der Waals surface area contributed by atoms with Gasteiger partial charge in [-0.05, 0) is 6.07 Å². The lowest BCUT2D eigenvalue weighted by Crippen LogP contribution is -2.50. The molecule has 1 saturated heterocycles. The SMILES string of the molecule is CC(CCl)C(=O)N1CCN(c2ncccc2[N+](=O)[O-])CC1. The standard InChI is InChI=1S/C13H17ClN4O3/c1-10(9-14)13(19)17-7-5-16(6-8-17)12-11(18(20)21)3-2-4-15-12/h2-4,10H,5-9H2,1H3. The number of hydrogen-bond acceptors (Lipinski definition) is 5. The van der Waals surface area contributed by atoms with Gasteiger partial charge in [0.25, 0.3) is 0 Å². The molecule has 0 spiro atoms. The Labute approximate surface area is 127 Å². The van der Waals surface area contributed by atoms with Crippen LogP contribution in [0.4, 0.5) is 11.5 Å². The molecule has 1 fully saturated rings. The summed E-state index contributed by atoms with van der Waals surface area (Å²) in [6.07, 6.45) is 1.54. The van der Waals surface area contributed by atoms with Gasteiger partial charge in [0.2, 0.25) is 11.7 Å². The molecule has 1 aromatic heterocycles. The maximum atomic E-state index is 12.0. The van der Waals surface area contributed by atoms with Crippen molar-refractivity contribution in [1.29, 1.82) is 0 Å². The van der Waals surface area contributed by atoms with Crippen LogP contribution >= 0.6 is 11.6 Å². The van der Waals surface area contributed by atoms with Crippen LogP contribution in [0.2, 0.25) is 0 Å². The third kappa shape index (κ3) is 3.41. The van der Waals surface area contributed by atoms with Crippen LogP contribution in [0, 0.1) is 16.0 Å². The predicted octanol–water partition coefficient (Wildman–Crippen LogP) is 1.51. The number of hydrogen-bond donors (Lipinski definition) is 0. The van der Waals surface area contributed by atoms with E-state index in [0.717, 1.165) is 0 Å². The molecule has 1 aliphatic heterocycles. The van der Waals surface area contributed by atoms with Crippen LogP contribution in [0.15, 0.2) is 18.3 Å². The van der Waals surface area contributed by atoms with Crippen molar-refractivity contribution < 1.29 is 9.72 Å². The third-order valence-corrected chi connectivity index (χ3v) is 3.97. The Bertz CT molecular complexity index is 532. The number of carbonyl (C=O) groups is 1. The van der Waals surface area contributed by atoms with Crippen LogP contribution in [0.25, 0.3) is 0 Å². The molecule has 2 heterocycles. The average molecular weight is 313 g/mol. The van der Waals surface area contributed by atoms with Crippen LogP contribution in [-0.2, 0) is 4.79 Å². The first kappa shape index (κ1) is 15.5. The Hall–Kier alpha value is -1.89. The molecule has 1 atom stereocenters. The monoisotopic (exact) mass is 312 g/mol. The summed E-state index contributed by atoms with van der Waals surface area (Å²) in [7, 11) is 0. The highest BCUT2D eigenvalue weighted by atomic mass is 35.5. The summed E-state index contributed by atoms with van der Waals surface area (Å²) in [5, 5.41) is 11.0. The molecule has 2 rings (SSSR count). The van der Waals surface area contributed by atoms with Gasteiger partial charge in [-0.15, -0.1) is 11.6 Å². The van der Waals surface area contributed by atoms with Gasteiger partial charge in [-0.3, -0.25) is 14.9 Å². The number of aromatic nitrogens is 1. The van der Waals surface area contributed by atoms with Crippen molar-refractivity contribution in [3.8, 4) is 0 Å². The molecule has 21 heavy (non-hydrogen) atoms. The molecular weight excluding hydrogens is 296 g/mol. The van der Waals surface area contributed by atoms with Gasteiger partial charge < -0.3 is 9.80 Å². The van der Waals surface area contributed by atoms with Gasteiger partial charge in [-0.2, -0.15) is 0 Å². The lowest BCUT2D eigenvalue weighted by atomic mass is 10.1. The summed E-state index contributed by atoms with van der Waals surface area (Å²) >= 11 is 5.70. The first-order valence-electron chi connectivity index (χ1n) is 6.73. The Morgan fingerprint density at radius 2 is 2.14 bits per heavy atom. The maximum Gasteiger partial charge on any atom is 0.311 e. The van der Waals surface area contributed by atoms with Crippen molar-refractivity contribution in [2.45, 2.75) is 6.92 Å². The second kappa shape index (κ2) is 6.71. The Kier molecular flexibility index (Phi) is 4.95. The number of carbonyl (C=O) groups excluding carboxylic acids is 1. The minimum Gasteiger partial charge on any atom is -0.347 e. The van der Waals surface area contributed by atoms with E-state index in [1.807, 2.05) is 4.90 Å². The number of nitro groups is 1. The Morgan fingerprint density at radius 1 is 1.48 bits per heavy atom.